The van der Waals surface area contributed by atoms with Gasteiger partial charge in [-0.1, -0.05) is 13.8 Å². The number of β-amino-alcohol motifs (C(OH)–C–C–N with tert-alkyl or cyclic N) is 1. The van der Waals surface area contributed by atoms with Crippen LogP contribution in [-0.2, 0) is 0 Å². The van der Waals surface area contributed by atoms with Crippen molar-refractivity contribution in [2.24, 2.45) is 5.41 Å². The highest BCUT2D eigenvalue weighted by Gasteiger charge is 2.34. The predicted molar refractivity (Wildman–Crippen MR) is 86.2 cm³/mol. The lowest BCUT2D eigenvalue weighted by atomic mass is 9.86. The molecule has 0 amide bonds. The number of anilines is 2. The lowest BCUT2D eigenvalue weighted by Gasteiger charge is -2.30. The second kappa shape index (κ2) is 5.78. The third-order valence-corrected chi connectivity index (χ3v) is 4.01. The number of nitrogens with two attached hydrogens (primary N) is 1. The summed E-state index contributed by atoms with van der Waals surface area (Å²) in [5.74, 6) is 1.32. The van der Waals surface area contributed by atoms with E-state index in [2.05, 4.69) is 28.9 Å². The minimum Gasteiger partial charge on any atom is -0.390 e. The molecule has 0 radical (unpaired) electrons. The average Bonchev–Trinajstić information content (AvgIpc) is 2.95. The Kier molecular flexibility index (Phi) is 3.95. The van der Waals surface area contributed by atoms with E-state index in [-0.39, 0.29) is 11.4 Å². The molecular formula is C15H22N6O2. The molecule has 2 atom stereocenters. The van der Waals surface area contributed by atoms with Crippen molar-refractivity contribution >= 4 is 11.8 Å². The van der Waals surface area contributed by atoms with Gasteiger partial charge in [0.05, 0.1) is 12.2 Å². The van der Waals surface area contributed by atoms with Gasteiger partial charge in [-0.3, -0.25) is 0 Å². The summed E-state index contributed by atoms with van der Waals surface area (Å²) in [7, 11) is 0. The number of hydrogen-bond acceptors (Lipinski definition) is 7. The quantitative estimate of drug-likeness (QED) is 0.725. The van der Waals surface area contributed by atoms with E-state index in [1.165, 1.54) is 0 Å². The monoisotopic (exact) mass is 318 g/mol. The van der Waals surface area contributed by atoms with Crippen LogP contribution in [0.2, 0.25) is 0 Å². The lowest BCUT2D eigenvalue weighted by Crippen LogP contribution is -2.37. The molecule has 3 rings (SSSR count). The van der Waals surface area contributed by atoms with E-state index in [4.69, 9.17) is 5.73 Å². The van der Waals surface area contributed by atoms with Gasteiger partial charge in [0.1, 0.15) is 5.82 Å². The minimum absolute atomic E-state index is 0.144. The first kappa shape index (κ1) is 15.7. The average molecular weight is 318 g/mol. The van der Waals surface area contributed by atoms with Crippen LogP contribution >= 0.6 is 0 Å². The van der Waals surface area contributed by atoms with Gasteiger partial charge in [-0.15, -0.1) is 0 Å². The van der Waals surface area contributed by atoms with Gasteiger partial charge in [0.25, 0.3) is 0 Å². The topological polar surface area (TPSA) is 113 Å². The molecule has 0 unspecified atom stereocenters. The molecule has 1 fully saturated rings. The van der Waals surface area contributed by atoms with Crippen molar-refractivity contribution in [3.63, 3.8) is 0 Å². The summed E-state index contributed by atoms with van der Waals surface area (Å²) in [5.41, 5.74) is 5.67. The Bertz CT molecular complexity index is 673. The highest BCUT2D eigenvalue weighted by atomic mass is 16.3. The van der Waals surface area contributed by atoms with Crippen molar-refractivity contribution in [1.82, 2.24) is 19.7 Å². The summed E-state index contributed by atoms with van der Waals surface area (Å²) in [6.45, 7) is 5.05. The normalized spacial score (nSPS) is 24.4. The molecule has 8 nitrogen and oxygen atoms in total. The van der Waals surface area contributed by atoms with Crippen molar-refractivity contribution < 1.29 is 10.2 Å². The molecule has 2 aromatic heterocycles. The van der Waals surface area contributed by atoms with E-state index in [1.54, 1.807) is 29.2 Å². The molecule has 3 heterocycles. The summed E-state index contributed by atoms with van der Waals surface area (Å²) in [6.07, 6.45) is 2.38. The van der Waals surface area contributed by atoms with E-state index in [9.17, 15) is 10.2 Å². The highest BCUT2D eigenvalue weighted by Crippen LogP contribution is 2.31. The first-order valence-corrected chi connectivity index (χ1v) is 7.60. The molecule has 1 saturated heterocycles. The standard InChI is InChI=1S/C15H22N6O2/c1-15(2)7-10(22)11(23)8-20(9-15)12-6-13(19-14(16)18-12)21-5-3-4-17-21/h3-6,10-11,22-23H,7-9H2,1-2H3,(H2,16,18,19)/t10-,11+/m1/s1. The van der Waals surface area contributed by atoms with Crippen LogP contribution in [0.5, 0.6) is 0 Å². The van der Waals surface area contributed by atoms with Gasteiger partial charge in [0.2, 0.25) is 5.95 Å². The number of rotatable bonds is 2. The number of nitrogens with zero attached hydrogens (tertiary/aromatic N) is 5. The molecule has 23 heavy (non-hydrogen) atoms. The molecule has 1 aliphatic rings. The molecule has 124 valence electrons. The van der Waals surface area contributed by atoms with E-state index in [0.29, 0.717) is 31.1 Å². The molecule has 0 aliphatic carbocycles. The molecule has 2 aromatic rings. The van der Waals surface area contributed by atoms with Crippen LogP contribution in [-0.4, -0.2) is 55.3 Å². The maximum Gasteiger partial charge on any atom is 0.224 e. The van der Waals surface area contributed by atoms with Crippen molar-refractivity contribution in [3.05, 3.63) is 24.5 Å². The Morgan fingerprint density at radius 3 is 2.65 bits per heavy atom. The van der Waals surface area contributed by atoms with Crippen molar-refractivity contribution in [2.75, 3.05) is 23.7 Å². The summed E-state index contributed by atoms with van der Waals surface area (Å²) in [4.78, 5) is 10.4. The SMILES string of the molecule is CC1(C)C[C@@H](O)[C@@H](O)CN(c2cc(-n3cccn3)nc(N)n2)C1. The smallest absolute Gasteiger partial charge is 0.224 e. The number of aliphatic hydroxyl groups excluding tert-OH is 2. The fourth-order valence-corrected chi connectivity index (χ4v) is 2.99. The van der Waals surface area contributed by atoms with Gasteiger partial charge in [-0.25, -0.2) is 4.68 Å². The molecule has 0 bridgehead atoms. The Balaban J connectivity index is 1.97. The highest BCUT2D eigenvalue weighted by molar-refractivity contribution is 5.48. The molecule has 0 spiro atoms. The van der Waals surface area contributed by atoms with Crippen molar-refractivity contribution in [1.29, 1.82) is 0 Å². The van der Waals surface area contributed by atoms with Gasteiger partial charge < -0.3 is 20.8 Å². The van der Waals surface area contributed by atoms with Gasteiger partial charge in [0, 0.05) is 31.5 Å². The van der Waals surface area contributed by atoms with Crippen LogP contribution in [0, 0.1) is 5.41 Å². The molecule has 8 heteroatoms. The number of aromatic nitrogens is 4. The van der Waals surface area contributed by atoms with Gasteiger partial charge in [-0.05, 0) is 17.9 Å². The van der Waals surface area contributed by atoms with Gasteiger partial charge in [-0.2, -0.15) is 15.1 Å². The lowest BCUT2D eigenvalue weighted by molar-refractivity contribution is 0.0109. The Morgan fingerprint density at radius 2 is 1.96 bits per heavy atom. The summed E-state index contributed by atoms with van der Waals surface area (Å²) in [5, 5.41) is 24.4. The summed E-state index contributed by atoms with van der Waals surface area (Å²) >= 11 is 0. The molecule has 1 aliphatic heterocycles. The zero-order chi connectivity index (χ0) is 16.6. The van der Waals surface area contributed by atoms with E-state index in [1.807, 2.05) is 4.90 Å². The van der Waals surface area contributed by atoms with Crippen LogP contribution in [0.1, 0.15) is 20.3 Å². The minimum atomic E-state index is -0.832. The second-order valence-corrected chi connectivity index (χ2v) is 6.78. The van der Waals surface area contributed by atoms with Crippen LogP contribution in [0.25, 0.3) is 5.82 Å². The molecule has 0 saturated carbocycles. The molecule has 4 N–H and O–H groups in total. The Morgan fingerprint density at radius 1 is 1.22 bits per heavy atom. The Labute approximate surface area is 134 Å². The zero-order valence-electron chi connectivity index (χ0n) is 13.3. The fraction of sp³-hybridized carbons (Fsp3) is 0.533. The summed E-state index contributed by atoms with van der Waals surface area (Å²) < 4.78 is 1.61. The third-order valence-electron chi connectivity index (χ3n) is 4.01. The number of aliphatic hydroxyl groups is 2. The second-order valence-electron chi connectivity index (χ2n) is 6.78. The van der Waals surface area contributed by atoms with Gasteiger partial charge in [0.15, 0.2) is 5.82 Å². The van der Waals surface area contributed by atoms with E-state index in [0.717, 1.165) is 0 Å². The van der Waals surface area contributed by atoms with E-state index >= 15 is 0 Å². The maximum atomic E-state index is 10.2. The number of nitrogen functional groups attached to an aromatic ring is 1. The predicted octanol–water partition coefficient (Wildman–Crippen LogP) is 0.203. The fourth-order valence-electron chi connectivity index (χ4n) is 2.99. The third kappa shape index (κ3) is 3.43. The first-order chi connectivity index (χ1) is 10.8. The largest absolute Gasteiger partial charge is 0.390 e. The van der Waals surface area contributed by atoms with Crippen molar-refractivity contribution in [2.45, 2.75) is 32.5 Å². The van der Waals surface area contributed by atoms with Crippen LogP contribution in [0.4, 0.5) is 11.8 Å². The maximum absolute atomic E-state index is 10.2. The van der Waals surface area contributed by atoms with Gasteiger partial charge >= 0.3 is 0 Å². The Hall–Kier alpha value is -2.19. The number of hydrogen-bond donors (Lipinski definition) is 3. The zero-order valence-corrected chi connectivity index (χ0v) is 13.3. The molecular weight excluding hydrogens is 296 g/mol. The van der Waals surface area contributed by atoms with Crippen molar-refractivity contribution in [3.8, 4) is 5.82 Å². The van der Waals surface area contributed by atoms with E-state index < -0.39 is 12.2 Å². The van der Waals surface area contributed by atoms with Crippen LogP contribution in [0.15, 0.2) is 24.5 Å². The molecule has 0 aromatic carbocycles. The van der Waals surface area contributed by atoms with Crippen LogP contribution in [0.3, 0.4) is 0 Å². The first-order valence-electron chi connectivity index (χ1n) is 7.60. The summed E-state index contributed by atoms with van der Waals surface area (Å²) in [6, 6.07) is 3.58. The van der Waals surface area contributed by atoms with Crippen LogP contribution < -0.4 is 10.6 Å².